The second-order valence-electron chi connectivity index (χ2n) is 35.3. The molecule has 4 saturated heterocycles. The van der Waals surface area contributed by atoms with E-state index in [0.29, 0.717) is 182 Å². The Morgan fingerprint density at radius 3 is 1.24 bits per heavy atom. The molecule has 0 aromatic carbocycles. The van der Waals surface area contributed by atoms with Gasteiger partial charge in [0, 0.05) is 106 Å². The first-order valence-corrected chi connectivity index (χ1v) is 45.5. The molecular formula is C90H104F8N28O5. The number of likely N-dealkylation sites (tertiary alicyclic amines) is 3. The summed E-state index contributed by atoms with van der Waals surface area (Å²) >= 11 is 0. The van der Waals surface area contributed by atoms with E-state index >= 15 is 0 Å². The Bertz CT molecular complexity index is 5800. The fourth-order valence-electron chi connectivity index (χ4n) is 19.2. The second kappa shape index (κ2) is 42.0. The molecule has 20 rings (SSSR count). The lowest BCUT2D eigenvalue weighted by molar-refractivity contribution is -0.136. The zero-order valence-electron chi connectivity index (χ0n) is 72.3. The van der Waals surface area contributed by atoms with E-state index in [4.69, 9.17) is 4.74 Å². The molecule has 0 bridgehead atoms. The van der Waals surface area contributed by atoms with Crippen molar-refractivity contribution in [2.45, 2.75) is 203 Å². The number of piperidine rings is 2. The summed E-state index contributed by atoms with van der Waals surface area (Å²) in [5.41, 5.74) is 4.39. The number of pyridine rings is 4. The molecule has 16 heterocycles. The van der Waals surface area contributed by atoms with Gasteiger partial charge in [-0.1, -0.05) is 25.7 Å². The number of alkyl halides is 2. The zero-order chi connectivity index (χ0) is 90.4. The van der Waals surface area contributed by atoms with Crippen LogP contribution in [0.2, 0.25) is 0 Å². The van der Waals surface area contributed by atoms with Gasteiger partial charge in [0.25, 0.3) is 0 Å². The van der Waals surface area contributed by atoms with Crippen LogP contribution in [0, 0.1) is 58.6 Å². The Morgan fingerprint density at radius 1 is 0.382 bits per heavy atom. The van der Waals surface area contributed by atoms with E-state index in [1.54, 1.807) is 28.3 Å². The number of ether oxygens (including phenoxy) is 1. The summed E-state index contributed by atoms with van der Waals surface area (Å²) in [6.45, 7) is 5.74. The molecule has 41 heteroatoms. The quantitative estimate of drug-likeness (QED) is 0.0370. The Balaban J connectivity index is 0.000000122. The van der Waals surface area contributed by atoms with E-state index in [1.165, 1.54) is 24.8 Å². The number of anilines is 2. The van der Waals surface area contributed by atoms with Gasteiger partial charge in [0.1, 0.15) is 46.8 Å². The van der Waals surface area contributed by atoms with Crippen LogP contribution >= 0.6 is 0 Å². The highest BCUT2D eigenvalue weighted by molar-refractivity contribution is 5.91. The van der Waals surface area contributed by atoms with Gasteiger partial charge in [-0.3, -0.25) is 30.0 Å². The number of nitrogens with zero attached hydrogens (tertiary/aromatic N) is 20. The molecule has 4 aliphatic carbocycles. The van der Waals surface area contributed by atoms with Gasteiger partial charge in [-0.05, 0) is 188 Å². The highest BCUT2D eigenvalue weighted by Gasteiger charge is 2.35. The molecule has 8 aliphatic rings. The maximum Gasteiger partial charge on any atom is 0.317 e. The number of H-pyrrole nitrogens is 4. The third-order valence-electron chi connectivity index (χ3n) is 26.0. The predicted molar refractivity (Wildman–Crippen MR) is 468 cm³/mol. The maximum absolute atomic E-state index is 14.6. The number of carbonyl (C=O) groups is 4. The summed E-state index contributed by atoms with van der Waals surface area (Å²) in [7, 11) is 0. The van der Waals surface area contributed by atoms with E-state index in [-0.39, 0.29) is 95.6 Å². The number of urea groups is 2. The number of fused-ring (bicyclic) bond motifs is 4. The molecule has 131 heavy (non-hydrogen) atoms. The van der Waals surface area contributed by atoms with Gasteiger partial charge < -0.3 is 45.6 Å². The molecule has 8 N–H and O–H groups in total. The molecule has 690 valence electrons. The van der Waals surface area contributed by atoms with Crippen LogP contribution in [-0.4, -0.2) is 246 Å². The highest BCUT2D eigenvalue weighted by atomic mass is 19.2. The first kappa shape index (κ1) is 90.2. The van der Waals surface area contributed by atoms with E-state index < -0.39 is 47.2 Å². The van der Waals surface area contributed by atoms with Crippen LogP contribution in [0.5, 0.6) is 0 Å². The van der Waals surface area contributed by atoms with E-state index in [1.807, 2.05) is 28.0 Å². The van der Waals surface area contributed by atoms with E-state index in [2.05, 4.69) is 122 Å². The third-order valence-corrected chi connectivity index (χ3v) is 26.0. The summed E-state index contributed by atoms with van der Waals surface area (Å²) in [6, 6.07) is 9.82. The molecular weight excluding hydrogens is 1710 g/mol. The van der Waals surface area contributed by atoms with E-state index in [9.17, 15) is 54.3 Å². The van der Waals surface area contributed by atoms with Crippen LogP contribution < -0.4 is 21.3 Å². The second-order valence-corrected chi connectivity index (χ2v) is 35.3. The fraction of sp³-hybridized carbons (Fsp3) is 0.511. The summed E-state index contributed by atoms with van der Waals surface area (Å²) < 4.78 is 118. The number of halogens is 8. The van der Waals surface area contributed by atoms with Crippen molar-refractivity contribution in [2.75, 3.05) is 76.2 Å². The normalized spacial score (nSPS) is 22.0. The molecule has 12 aromatic heterocycles. The minimum absolute atomic E-state index is 0.0169. The number of hydrogen-bond donors (Lipinski definition) is 8. The average molecular weight is 1810 g/mol. The number of amides is 6. The van der Waals surface area contributed by atoms with Crippen LogP contribution in [0.25, 0.3) is 90.2 Å². The van der Waals surface area contributed by atoms with Crippen LogP contribution in [-0.2, 0) is 27.2 Å². The predicted octanol–water partition coefficient (Wildman–Crippen LogP) is 14.2. The Kier molecular flexibility index (Phi) is 28.9. The molecule has 9 atom stereocenters. The SMILES string of the molecule is O=C(C[C@@H]1CCC[C@H](Cc2nc(-c3[nH]nc4ncc(F)cc34)ncc2F)C1)N1CCOCC1.O=C(C[C@@H]1CCC[C@H](Cc2nc(-c3[nH]nc4ncc(F)cc34)ncc2F)C1)N1CC[C@@H](F)C1.O=C(N[C@@H]1CCC[C@H](Nc2nc(-c3[nH]nc4ncccc34)ncc2F)C1)N1CCC(F)CC1.O=C(N[C@@H]1CCC[C@H](Nc2nc(-c3[nH]nc4ncccc34)ncc2F)C1)N1CCCCC1. The van der Waals surface area contributed by atoms with Crippen molar-refractivity contribution in [3.63, 3.8) is 0 Å². The summed E-state index contributed by atoms with van der Waals surface area (Å²) in [6.07, 6.45) is 29.0. The monoisotopic (exact) mass is 1810 g/mol. The average Bonchev–Trinajstić information content (AvgIpc) is 1.67. The van der Waals surface area contributed by atoms with Gasteiger partial charge in [0.05, 0.1) is 79.1 Å². The number of nitrogens with one attached hydrogen (secondary N) is 8. The summed E-state index contributed by atoms with van der Waals surface area (Å²) in [4.78, 5) is 108. The van der Waals surface area contributed by atoms with Gasteiger partial charge in [-0.25, -0.2) is 105 Å². The molecule has 0 spiro atoms. The fourth-order valence-corrected chi connectivity index (χ4v) is 19.2. The maximum atomic E-state index is 14.6. The number of hydrogen-bond acceptors (Lipinski definition) is 23. The number of carbonyl (C=O) groups excluding carboxylic acids is 4. The van der Waals surface area contributed by atoms with Crippen molar-refractivity contribution in [2.24, 2.45) is 23.7 Å². The lowest BCUT2D eigenvalue weighted by atomic mass is 9.77. The van der Waals surface area contributed by atoms with E-state index in [0.717, 1.165) is 164 Å². The first-order valence-electron chi connectivity index (χ1n) is 45.5. The Hall–Kier alpha value is -12.7. The van der Waals surface area contributed by atoms with Gasteiger partial charge in [-0.2, -0.15) is 20.4 Å². The number of morpholine rings is 1. The van der Waals surface area contributed by atoms with Crippen molar-refractivity contribution in [3.8, 4) is 46.1 Å². The molecule has 0 unspecified atom stereocenters. The minimum atomic E-state index is -0.915. The molecule has 4 aliphatic heterocycles. The minimum Gasteiger partial charge on any atom is -0.378 e. The Morgan fingerprint density at radius 2 is 0.779 bits per heavy atom. The van der Waals surface area contributed by atoms with Gasteiger partial charge in [0.2, 0.25) is 11.8 Å². The third kappa shape index (κ3) is 22.7. The lowest BCUT2D eigenvalue weighted by Gasteiger charge is -2.34. The highest BCUT2D eigenvalue weighted by Crippen LogP contribution is 2.39. The topological polar surface area (TPSA) is 408 Å². The van der Waals surface area contributed by atoms with Gasteiger partial charge >= 0.3 is 12.1 Å². The number of aromatic nitrogens is 20. The van der Waals surface area contributed by atoms with Crippen LogP contribution in [0.15, 0.2) is 86.0 Å². The van der Waals surface area contributed by atoms with Crippen LogP contribution in [0.4, 0.5) is 56.3 Å². The van der Waals surface area contributed by atoms with Crippen molar-refractivity contribution >= 4 is 79.6 Å². The molecule has 8 fully saturated rings. The molecule has 0 radical (unpaired) electrons. The van der Waals surface area contributed by atoms with Crippen LogP contribution in [0.1, 0.15) is 165 Å². The summed E-state index contributed by atoms with van der Waals surface area (Å²) in [5.74, 6) is -0.382. The number of aromatic amines is 4. The summed E-state index contributed by atoms with van der Waals surface area (Å²) in [5, 5.41) is 42.9. The van der Waals surface area contributed by atoms with Crippen molar-refractivity contribution in [1.82, 2.24) is 131 Å². The molecule has 6 amide bonds. The van der Waals surface area contributed by atoms with Crippen molar-refractivity contribution < 1.29 is 59.0 Å². The van der Waals surface area contributed by atoms with Crippen molar-refractivity contribution in [1.29, 1.82) is 0 Å². The first-order chi connectivity index (χ1) is 63.8. The van der Waals surface area contributed by atoms with Gasteiger partial charge in [0.15, 0.2) is 80.8 Å². The lowest BCUT2D eigenvalue weighted by Crippen LogP contribution is -2.50. The van der Waals surface area contributed by atoms with Gasteiger partial charge in [-0.15, -0.1) is 0 Å². The standard InChI is InChI=1S/C23H25F3N6O.C23H26F2N6O2.C22H26F2N8O.C22H27FN8O/c24-15-4-5-32(12-15)20(33)8-14-3-1-2-13(6-14)7-19-18(26)11-28-23(29-19)21-17-9-16(25)10-27-22(17)31-30-21;24-16-11-17-21(29-30-22(17)26-12-16)23-27-13-18(25)19(28-23)9-14-2-1-3-15(8-14)10-20(32)31-4-6-33-7-5-31;23-13-6-9-32(10-7-13)22(33)28-15-4-1-3-14(11-15)27-20-17(24)12-26-21(29-20)18-16-5-2-8-25-19(16)31-30-18;23-17-13-25-21(18-16-8-5-9-24-19(16)30-29-18)28-20(17)26-14-6-4-7-15(12-14)27-22(32)31-10-2-1-3-11-31/h9-11,13-15H,1-8,12H2,(H,27,30,31);11-15H,1-10H2,(H,26,29,30);2,5,8,12-15H,1,3-4,6-7,9-11H2,(H,28,33)(H,25,30,31)(H,26,27,29);5,8-9,13-15H,1-4,6-7,10-12H2,(H,27,32)(H,24,29,30)(H,25,26,28)/t13-,14+,15+;3*14-,15+/m0000/s1. The zero-order valence-corrected chi connectivity index (χ0v) is 72.3. The molecule has 33 nitrogen and oxygen atoms in total. The largest absolute Gasteiger partial charge is 0.378 e. The smallest absolute Gasteiger partial charge is 0.317 e. The molecule has 12 aromatic rings. The van der Waals surface area contributed by atoms with Crippen LogP contribution in [0.3, 0.4) is 0 Å². The number of rotatable bonds is 18. The Labute approximate surface area is 747 Å². The molecule has 4 saturated carbocycles. The van der Waals surface area contributed by atoms with Crippen molar-refractivity contribution in [3.05, 3.63) is 132 Å².